The molecule has 0 amide bonds. The molecule has 63 heavy (non-hydrogen) atoms. The largest absolute Gasteiger partial charge is 0.347 e. The van der Waals surface area contributed by atoms with E-state index in [4.69, 9.17) is 24.9 Å². The van der Waals surface area contributed by atoms with E-state index >= 15 is 0 Å². The van der Waals surface area contributed by atoms with Gasteiger partial charge in [-0.1, -0.05) is 152 Å². The van der Waals surface area contributed by atoms with E-state index in [1.165, 1.54) is 25.7 Å². The number of allylic oxidation sites excluding steroid dienone is 3. The molecule has 11 rings (SSSR count). The van der Waals surface area contributed by atoms with Gasteiger partial charge in [-0.05, 0) is 90.0 Å². The molecule has 1 aliphatic heterocycles. The Morgan fingerprint density at radius 2 is 1.05 bits per heavy atom. The number of nitrogens with one attached hydrogen (secondary N) is 1. The third-order valence-corrected chi connectivity index (χ3v) is 13.2. The molecular weight excluding hydrogens is 789 g/mol. The van der Waals surface area contributed by atoms with E-state index in [1.54, 1.807) is 0 Å². The van der Waals surface area contributed by atoms with E-state index < -0.39 is 0 Å². The second-order valence-corrected chi connectivity index (χ2v) is 17.3. The van der Waals surface area contributed by atoms with Gasteiger partial charge in [0.2, 0.25) is 0 Å². The van der Waals surface area contributed by atoms with Gasteiger partial charge in [-0.15, -0.1) is 11.3 Å². The average molecular weight is 831 g/mol. The summed E-state index contributed by atoms with van der Waals surface area (Å²) in [4.78, 5) is 25.4. The van der Waals surface area contributed by atoms with E-state index in [0.29, 0.717) is 17.5 Å². The molecule has 2 unspecified atom stereocenters. The molecule has 2 atom stereocenters. The van der Waals surface area contributed by atoms with Crippen molar-refractivity contribution in [3.05, 3.63) is 210 Å². The highest BCUT2D eigenvalue weighted by atomic mass is 32.1. The number of hydrogen-bond donors (Lipinski definition) is 1. The summed E-state index contributed by atoms with van der Waals surface area (Å²) in [6, 6.07) is 57.6. The minimum atomic E-state index is -0.125. The number of benzene rings is 7. The Labute approximate surface area is 370 Å². The van der Waals surface area contributed by atoms with Crippen molar-refractivity contribution in [1.82, 2.24) is 20.3 Å². The lowest BCUT2D eigenvalue weighted by molar-refractivity contribution is 0.475. The van der Waals surface area contributed by atoms with Crippen molar-refractivity contribution in [2.45, 2.75) is 26.4 Å². The van der Waals surface area contributed by atoms with Crippen LogP contribution in [0, 0.1) is 19.8 Å². The molecule has 6 nitrogen and oxygen atoms in total. The Morgan fingerprint density at radius 3 is 1.71 bits per heavy atom. The van der Waals surface area contributed by atoms with Gasteiger partial charge < -0.3 is 5.32 Å². The van der Waals surface area contributed by atoms with Crippen LogP contribution in [-0.2, 0) is 0 Å². The number of aliphatic imine (C=N–C) groups is 2. The van der Waals surface area contributed by atoms with E-state index in [9.17, 15) is 0 Å². The zero-order valence-corrected chi connectivity index (χ0v) is 35.7. The maximum absolute atomic E-state index is 5.23. The predicted octanol–water partition coefficient (Wildman–Crippen LogP) is 13.4. The van der Waals surface area contributed by atoms with Gasteiger partial charge in [-0.3, -0.25) is 0 Å². The fourth-order valence-electron chi connectivity index (χ4n) is 8.60. The second kappa shape index (κ2) is 16.3. The molecular formula is C56H42N6S. The number of aryl methyl sites for hydroxylation is 2. The van der Waals surface area contributed by atoms with Crippen molar-refractivity contribution in [2.24, 2.45) is 15.9 Å². The first-order valence-corrected chi connectivity index (χ1v) is 22.2. The van der Waals surface area contributed by atoms with Crippen molar-refractivity contribution in [1.29, 1.82) is 0 Å². The maximum atomic E-state index is 5.23. The highest BCUT2D eigenvalue weighted by Gasteiger charge is 2.26. The topological polar surface area (TPSA) is 75.4 Å². The molecule has 302 valence electrons. The van der Waals surface area contributed by atoms with Crippen LogP contribution in [0.1, 0.15) is 28.7 Å². The van der Waals surface area contributed by atoms with Crippen molar-refractivity contribution in [3.8, 4) is 56.4 Å². The summed E-state index contributed by atoms with van der Waals surface area (Å²) in [5.74, 6) is 3.80. The third kappa shape index (κ3) is 7.57. The first-order chi connectivity index (χ1) is 31.0. The van der Waals surface area contributed by atoms with Crippen LogP contribution < -0.4 is 5.32 Å². The van der Waals surface area contributed by atoms with E-state index in [-0.39, 0.29) is 12.1 Å². The van der Waals surface area contributed by atoms with Crippen LogP contribution in [0.4, 0.5) is 0 Å². The smallest absolute Gasteiger partial charge is 0.164 e. The monoisotopic (exact) mass is 830 g/mol. The zero-order valence-electron chi connectivity index (χ0n) is 34.9. The van der Waals surface area contributed by atoms with Gasteiger partial charge in [0.1, 0.15) is 12.0 Å². The maximum Gasteiger partial charge on any atom is 0.164 e. The summed E-state index contributed by atoms with van der Waals surface area (Å²) in [7, 11) is 0. The number of thiophene rings is 1. The molecule has 0 radical (unpaired) electrons. The van der Waals surface area contributed by atoms with Crippen LogP contribution in [0.2, 0.25) is 0 Å². The Morgan fingerprint density at radius 1 is 0.492 bits per heavy atom. The summed E-state index contributed by atoms with van der Waals surface area (Å²) in [6.07, 6.45) is 9.50. The van der Waals surface area contributed by atoms with E-state index in [2.05, 4.69) is 165 Å². The van der Waals surface area contributed by atoms with Gasteiger partial charge in [0, 0.05) is 53.9 Å². The fraction of sp³-hybridized carbons (Fsp3) is 0.0893. The Hall–Kier alpha value is -7.61. The van der Waals surface area contributed by atoms with Crippen LogP contribution in [0.3, 0.4) is 0 Å². The highest BCUT2D eigenvalue weighted by molar-refractivity contribution is 7.25. The molecule has 3 heterocycles. The lowest BCUT2D eigenvalue weighted by Gasteiger charge is -2.29. The molecule has 0 saturated heterocycles. The minimum absolute atomic E-state index is 0.125. The summed E-state index contributed by atoms with van der Waals surface area (Å²) in [5.41, 5.74) is 11.8. The Kier molecular flexibility index (Phi) is 9.94. The third-order valence-electron chi connectivity index (χ3n) is 12.0. The first kappa shape index (κ1) is 38.3. The number of fused-ring (bicyclic) bond motifs is 3. The van der Waals surface area contributed by atoms with Crippen molar-refractivity contribution in [3.63, 3.8) is 0 Å². The van der Waals surface area contributed by atoms with Gasteiger partial charge in [-0.2, -0.15) is 0 Å². The van der Waals surface area contributed by atoms with Crippen molar-refractivity contribution < 1.29 is 0 Å². The van der Waals surface area contributed by atoms with Crippen molar-refractivity contribution >= 4 is 43.2 Å². The van der Waals surface area contributed by atoms with Crippen LogP contribution in [-0.4, -0.2) is 32.8 Å². The van der Waals surface area contributed by atoms with Gasteiger partial charge in [0.25, 0.3) is 0 Å². The molecule has 9 aromatic rings. The average Bonchev–Trinajstić information content (AvgIpc) is 3.72. The number of amidine groups is 2. The molecule has 0 saturated carbocycles. The number of aromatic nitrogens is 3. The summed E-state index contributed by atoms with van der Waals surface area (Å²) < 4.78 is 2.51. The van der Waals surface area contributed by atoms with Gasteiger partial charge >= 0.3 is 0 Å². The Bertz CT molecular complexity index is 3340. The summed E-state index contributed by atoms with van der Waals surface area (Å²) in [6.45, 7) is 4.23. The molecule has 0 bridgehead atoms. The van der Waals surface area contributed by atoms with Crippen LogP contribution in [0.25, 0.3) is 76.6 Å². The highest BCUT2D eigenvalue weighted by Crippen LogP contribution is 2.39. The molecule has 1 N–H and O–H groups in total. The molecule has 7 heteroatoms. The first-order valence-electron chi connectivity index (χ1n) is 21.4. The second-order valence-electron chi connectivity index (χ2n) is 16.2. The van der Waals surface area contributed by atoms with Crippen LogP contribution >= 0.6 is 11.3 Å². The number of hydrogen-bond acceptors (Lipinski definition) is 7. The van der Waals surface area contributed by atoms with Gasteiger partial charge in [0.15, 0.2) is 23.3 Å². The molecule has 1 aliphatic carbocycles. The zero-order chi connectivity index (χ0) is 42.3. The Balaban J connectivity index is 0.950. The lowest BCUT2D eigenvalue weighted by atomic mass is 9.96. The summed E-state index contributed by atoms with van der Waals surface area (Å²) in [5, 5.41) is 6.15. The standard InChI is InChI=1S/C56H42N6S/c1-35-15-9-11-25-45(35)55-59-51(37-17-5-3-6-18-37)57-53(61-55)43-23-13-21-39(31-43)41-27-29-49-47(33-41)48-34-42(28-30-50(48)63-49)40-22-14-24-44(32-40)54-58-52(38-19-7-4-8-20-38)60-56(62-54)46-26-12-10-16-36(46)2/h3-19,21-34,38,52H,20H2,1-2H3,(H,58,60,62). The van der Waals surface area contributed by atoms with Gasteiger partial charge in [0.05, 0.1) is 0 Å². The van der Waals surface area contributed by atoms with E-state index in [1.807, 2.05) is 53.8 Å². The molecule has 0 fully saturated rings. The molecule has 0 spiro atoms. The lowest BCUT2D eigenvalue weighted by Crippen LogP contribution is -2.43. The number of rotatable bonds is 8. The molecule has 2 aromatic heterocycles. The fourth-order valence-corrected chi connectivity index (χ4v) is 9.67. The van der Waals surface area contributed by atoms with Crippen LogP contribution in [0.15, 0.2) is 198 Å². The van der Waals surface area contributed by atoms with Crippen molar-refractivity contribution in [2.75, 3.05) is 0 Å². The minimum Gasteiger partial charge on any atom is -0.347 e. The summed E-state index contributed by atoms with van der Waals surface area (Å²) >= 11 is 1.83. The SMILES string of the molecule is Cc1ccccc1C1=NC(c2cccc(-c3ccc4sc5ccc(-c6cccc(-c7nc(-c8ccccc8)nc(-c8ccccc8C)n7)c6)cc5c4c3)c2)=NC(C2C=CC=CC2)N1. The quantitative estimate of drug-likeness (QED) is 0.165. The van der Waals surface area contributed by atoms with E-state index in [0.717, 1.165) is 73.7 Å². The molecule has 2 aliphatic rings. The molecule has 7 aromatic carbocycles. The number of nitrogens with zero attached hydrogens (tertiary/aromatic N) is 5. The normalized spacial score (nSPS) is 15.9. The van der Waals surface area contributed by atoms with Crippen LogP contribution in [0.5, 0.6) is 0 Å². The predicted molar refractivity (Wildman–Crippen MR) is 262 cm³/mol. The van der Waals surface area contributed by atoms with Gasteiger partial charge in [-0.25, -0.2) is 24.9 Å².